The van der Waals surface area contributed by atoms with Crippen molar-refractivity contribution in [2.75, 3.05) is 26.8 Å². The number of amides is 2. The Hall–Kier alpha value is -3.09. The van der Waals surface area contributed by atoms with Gasteiger partial charge in [0, 0.05) is 36.5 Å². The Morgan fingerprint density at radius 3 is 2.54 bits per heavy atom. The number of carbonyl (C=O) groups is 2. The van der Waals surface area contributed by atoms with E-state index in [0.29, 0.717) is 31.0 Å². The van der Waals surface area contributed by atoms with E-state index in [4.69, 9.17) is 9.47 Å². The average Bonchev–Trinajstić information content (AvgIpc) is 2.74. The smallest absolute Gasteiger partial charge is 0.409 e. The first-order valence-corrected chi connectivity index (χ1v) is 9.43. The van der Waals surface area contributed by atoms with E-state index in [1.54, 1.807) is 43.5 Å². The summed E-state index contributed by atoms with van der Waals surface area (Å²) in [5.41, 5.74) is 2.49. The average molecular weight is 383 g/mol. The maximum Gasteiger partial charge on any atom is 0.409 e. The highest BCUT2D eigenvalue weighted by molar-refractivity contribution is 5.95. The molecule has 1 fully saturated rings. The topological polar surface area (TPSA) is 80.8 Å². The van der Waals surface area contributed by atoms with Crippen LogP contribution in [0.2, 0.25) is 0 Å². The molecule has 2 amide bonds. The fraction of sp³-hybridized carbons (Fsp3) is 0.381. The van der Waals surface area contributed by atoms with Crippen molar-refractivity contribution in [2.24, 2.45) is 0 Å². The molecule has 1 aromatic carbocycles. The summed E-state index contributed by atoms with van der Waals surface area (Å²) in [5, 5.41) is 3.06. The van der Waals surface area contributed by atoms with Crippen molar-refractivity contribution in [3.63, 3.8) is 0 Å². The van der Waals surface area contributed by atoms with E-state index < -0.39 is 0 Å². The fourth-order valence-corrected chi connectivity index (χ4v) is 3.27. The van der Waals surface area contributed by atoms with Crippen LogP contribution in [0, 0.1) is 0 Å². The zero-order valence-corrected chi connectivity index (χ0v) is 16.2. The maximum atomic E-state index is 12.6. The number of aromatic nitrogens is 1. The predicted octanol–water partition coefficient (Wildman–Crippen LogP) is 3.11. The monoisotopic (exact) mass is 383 g/mol. The predicted molar refractivity (Wildman–Crippen MR) is 105 cm³/mol. The van der Waals surface area contributed by atoms with Crippen molar-refractivity contribution in [1.29, 1.82) is 0 Å². The van der Waals surface area contributed by atoms with E-state index in [1.807, 2.05) is 18.2 Å². The van der Waals surface area contributed by atoms with E-state index >= 15 is 0 Å². The molecule has 0 atom stereocenters. The lowest BCUT2D eigenvalue weighted by molar-refractivity contribution is 0.0860. The molecule has 0 saturated carbocycles. The van der Waals surface area contributed by atoms with Crippen LogP contribution in [-0.4, -0.2) is 54.7 Å². The molecule has 1 aromatic heterocycles. The van der Waals surface area contributed by atoms with Crippen molar-refractivity contribution >= 4 is 12.0 Å². The molecule has 7 heteroatoms. The molecule has 2 aromatic rings. The highest BCUT2D eigenvalue weighted by Gasteiger charge is 2.24. The third kappa shape index (κ3) is 4.60. The first kappa shape index (κ1) is 19.7. The molecule has 0 spiro atoms. The van der Waals surface area contributed by atoms with Crippen molar-refractivity contribution in [2.45, 2.75) is 25.8 Å². The number of hydrogen-bond donors (Lipinski definition) is 1. The molecular formula is C21H25N3O4. The van der Waals surface area contributed by atoms with E-state index in [0.717, 1.165) is 24.0 Å². The lowest BCUT2D eigenvalue weighted by Crippen LogP contribution is -2.46. The normalized spacial score (nSPS) is 14.4. The number of nitrogens with zero attached hydrogens (tertiary/aromatic N) is 2. The number of ether oxygens (including phenoxy) is 2. The summed E-state index contributed by atoms with van der Waals surface area (Å²) in [6, 6.07) is 9.34. The zero-order valence-electron chi connectivity index (χ0n) is 16.2. The van der Waals surface area contributed by atoms with Gasteiger partial charge in [0.05, 0.1) is 19.9 Å². The second-order valence-electron chi connectivity index (χ2n) is 6.59. The maximum absolute atomic E-state index is 12.6. The Morgan fingerprint density at radius 1 is 1.18 bits per heavy atom. The van der Waals surface area contributed by atoms with Gasteiger partial charge in [0.15, 0.2) is 0 Å². The van der Waals surface area contributed by atoms with Crippen LogP contribution in [0.3, 0.4) is 0 Å². The number of methoxy groups -OCH3 is 1. The van der Waals surface area contributed by atoms with Crippen LogP contribution in [0.15, 0.2) is 42.7 Å². The van der Waals surface area contributed by atoms with Gasteiger partial charge < -0.3 is 19.7 Å². The lowest BCUT2D eigenvalue weighted by Gasteiger charge is -2.31. The summed E-state index contributed by atoms with van der Waals surface area (Å²) in [5.74, 6) is 0.580. The van der Waals surface area contributed by atoms with Crippen LogP contribution in [0.4, 0.5) is 4.79 Å². The first-order chi connectivity index (χ1) is 13.6. The third-order valence-corrected chi connectivity index (χ3v) is 4.82. The molecule has 7 nitrogen and oxygen atoms in total. The first-order valence-electron chi connectivity index (χ1n) is 9.43. The number of benzene rings is 1. The van der Waals surface area contributed by atoms with Crippen LogP contribution in [0.25, 0.3) is 11.1 Å². The Morgan fingerprint density at radius 2 is 1.89 bits per heavy atom. The third-order valence-electron chi connectivity index (χ3n) is 4.82. The summed E-state index contributed by atoms with van der Waals surface area (Å²) in [6.07, 6.45) is 4.53. The fourth-order valence-electron chi connectivity index (χ4n) is 3.27. The number of nitrogens with one attached hydrogen (secondary N) is 1. The van der Waals surface area contributed by atoms with Crippen molar-refractivity contribution in [3.05, 3.63) is 48.3 Å². The molecule has 0 bridgehead atoms. The zero-order chi connectivity index (χ0) is 19.9. The summed E-state index contributed by atoms with van der Waals surface area (Å²) < 4.78 is 10.4. The van der Waals surface area contributed by atoms with E-state index in [9.17, 15) is 9.59 Å². The van der Waals surface area contributed by atoms with E-state index in [-0.39, 0.29) is 18.0 Å². The standard InChI is InChI=1S/C21H25N3O4/c1-3-28-21(26)24-12-9-17(10-13-24)23-20(25)16-6-4-15(5-7-16)18-8-11-22-14-19(18)27-2/h4-8,11,14,17H,3,9-10,12-13H2,1-2H3,(H,23,25). The van der Waals surface area contributed by atoms with Gasteiger partial charge in [0.25, 0.3) is 5.91 Å². The molecule has 3 rings (SSSR count). The second-order valence-corrected chi connectivity index (χ2v) is 6.59. The molecule has 1 N–H and O–H groups in total. The molecule has 0 unspecified atom stereocenters. The van der Waals surface area contributed by atoms with Gasteiger partial charge in [0.2, 0.25) is 0 Å². The van der Waals surface area contributed by atoms with Crippen molar-refractivity contribution < 1.29 is 19.1 Å². The van der Waals surface area contributed by atoms with Crippen LogP contribution in [0.5, 0.6) is 5.75 Å². The summed E-state index contributed by atoms with van der Waals surface area (Å²) in [6.45, 7) is 3.34. The van der Waals surface area contributed by atoms with Gasteiger partial charge in [-0.15, -0.1) is 0 Å². The number of carbonyl (C=O) groups excluding carboxylic acids is 2. The van der Waals surface area contributed by atoms with Gasteiger partial charge in [-0.3, -0.25) is 9.78 Å². The molecule has 1 aliphatic heterocycles. The second kappa shape index (κ2) is 9.21. The van der Waals surface area contributed by atoms with Crippen LogP contribution in [0.1, 0.15) is 30.1 Å². The minimum Gasteiger partial charge on any atom is -0.494 e. The molecule has 2 heterocycles. The van der Waals surface area contributed by atoms with E-state index in [2.05, 4.69) is 10.3 Å². The lowest BCUT2D eigenvalue weighted by atomic mass is 10.0. The van der Waals surface area contributed by atoms with Crippen molar-refractivity contribution in [3.8, 4) is 16.9 Å². The summed E-state index contributed by atoms with van der Waals surface area (Å²) in [7, 11) is 1.61. The van der Waals surface area contributed by atoms with Crippen LogP contribution >= 0.6 is 0 Å². The molecule has 1 saturated heterocycles. The van der Waals surface area contributed by atoms with Gasteiger partial charge in [0.1, 0.15) is 5.75 Å². The Kier molecular flexibility index (Phi) is 6.47. The van der Waals surface area contributed by atoms with Gasteiger partial charge in [-0.25, -0.2) is 4.79 Å². The Labute approximate surface area is 164 Å². The number of piperidine rings is 1. The highest BCUT2D eigenvalue weighted by atomic mass is 16.6. The van der Waals surface area contributed by atoms with Gasteiger partial charge >= 0.3 is 6.09 Å². The Bertz CT molecular complexity index is 815. The number of pyridine rings is 1. The molecule has 28 heavy (non-hydrogen) atoms. The largest absolute Gasteiger partial charge is 0.494 e. The number of likely N-dealkylation sites (tertiary alicyclic amines) is 1. The van der Waals surface area contributed by atoms with E-state index in [1.165, 1.54) is 0 Å². The van der Waals surface area contributed by atoms with Gasteiger partial charge in [-0.05, 0) is 43.5 Å². The van der Waals surface area contributed by atoms with Crippen molar-refractivity contribution in [1.82, 2.24) is 15.2 Å². The van der Waals surface area contributed by atoms with Gasteiger partial charge in [-0.2, -0.15) is 0 Å². The quantitative estimate of drug-likeness (QED) is 0.858. The highest BCUT2D eigenvalue weighted by Crippen LogP contribution is 2.28. The molecule has 0 radical (unpaired) electrons. The molecule has 1 aliphatic rings. The minimum atomic E-state index is -0.283. The van der Waals surface area contributed by atoms with Gasteiger partial charge in [-0.1, -0.05) is 12.1 Å². The number of hydrogen-bond acceptors (Lipinski definition) is 5. The van der Waals surface area contributed by atoms with Crippen LogP contribution < -0.4 is 10.1 Å². The number of rotatable bonds is 5. The summed E-state index contributed by atoms with van der Waals surface area (Å²) >= 11 is 0. The van der Waals surface area contributed by atoms with Crippen LogP contribution in [-0.2, 0) is 4.74 Å². The Balaban J connectivity index is 1.58. The SMILES string of the molecule is CCOC(=O)N1CCC(NC(=O)c2ccc(-c3ccncc3OC)cc2)CC1. The summed E-state index contributed by atoms with van der Waals surface area (Å²) in [4.78, 5) is 30.0. The molecular weight excluding hydrogens is 358 g/mol. The molecule has 0 aliphatic carbocycles. The molecule has 148 valence electrons. The minimum absolute atomic E-state index is 0.0538.